The van der Waals surface area contributed by atoms with Crippen molar-refractivity contribution in [3.05, 3.63) is 0 Å². The molecule has 0 aromatic rings. The van der Waals surface area contributed by atoms with E-state index in [2.05, 4.69) is 16.1 Å². The second kappa shape index (κ2) is 10.4. The Morgan fingerprint density at radius 1 is 1.10 bits per heavy atom. The first-order valence-electron chi connectivity index (χ1n) is 9.81. The zero-order valence-electron chi connectivity index (χ0n) is 18.3. The lowest BCUT2D eigenvalue weighted by molar-refractivity contribution is -0.150. The van der Waals surface area contributed by atoms with Crippen molar-refractivity contribution in [2.75, 3.05) is 13.7 Å². The van der Waals surface area contributed by atoms with Gasteiger partial charge in [-0.1, -0.05) is 13.8 Å². The van der Waals surface area contributed by atoms with Gasteiger partial charge in [-0.15, -0.1) is 0 Å². The Kier molecular flexibility index (Phi) is 8.87. The van der Waals surface area contributed by atoms with Crippen LogP contribution in [0.3, 0.4) is 0 Å². The summed E-state index contributed by atoms with van der Waals surface area (Å²) in [5, 5.41) is 6.50. The molecule has 29 heavy (non-hydrogen) atoms. The van der Waals surface area contributed by atoms with E-state index in [4.69, 9.17) is 9.47 Å². The van der Waals surface area contributed by atoms with Crippen LogP contribution in [0.1, 0.15) is 54.4 Å². The van der Waals surface area contributed by atoms with Crippen LogP contribution in [0, 0.1) is 5.92 Å². The summed E-state index contributed by atoms with van der Waals surface area (Å²) in [4.78, 5) is 49.1. The summed E-state index contributed by atoms with van der Waals surface area (Å²) < 4.78 is 9.91. The molecule has 1 fully saturated rings. The molecule has 0 saturated carbocycles. The van der Waals surface area contributed by atoms with E-state index in [9.17, 15) is 19.2 Å². The first-order valence-corrected chi connectivity index (χ1v) is 9.81. The Labute approximate surface area is 172 Å². The summed E-state index contributed by atoms with van der Waals surface area (Å²) in [7, 11) is 1.29. The third-order valence-electron chi connectivity index (χ3n) is 4.29. The molecule has 1 aliphatic rings. The van der Waals surface area contributed by atoms with E-state index in [1.165, 1.54) is 12.1 Å². The van der Waals surface area contributed by atoms with Crippen LogP contribution in [-0.4, -0.2) is 66.3 Å². The van der Waals surface area contributed by atoms with Gasteiger partial charge >= 0.3 is 12.1 Å². The number of amides is 3. The highest BCUT2D eigenvalue weighted by Crippen LogP contribution is 2.11. The summed E-state index contributed by atoms with van der Waals surface area (Å²) in [6.45, 7) is 10.7. The van der Waals surface area contributed by atoms with Gasteiger partial charge < -0.3 is 20.1 Å². The first kappa shape index (κ1) is 24.7. The summed E-state index contributed by atoms with van der Waals surface area (Å²) in [5.41, 5.74) is 2.14. The van der Waals surface area contributed by atoms with E-state index in [0.29, 0.717) is 19.4 Å². The lowest BCUT2D eigenvalue weighted by atomic mass is 10.0. The van der Waals surface area contributed by atoms with Crippen LogP contribution < -0.4 is 16.1 Å². The number of esters is 1. The Bertz CT molecular complexity index is 616. The van der Waals surface area contributed by atoms with Crippen LogP contribution in [0.4, 0.5) is 4.79 Å². The maximum Gasteiger partial charge on any atom is 0.408 e. The molecule has 1 rings (SSSR count). The second-order valence-electron chi connectivity index (χ2n) is 8.44. The fourth-order valence-electron chi connectivity index (χ4n) is 2.83. The van der Waals surface area contributed by atoms with Gasteiger partial charge in [0.1, 0.15) is 23.7 Å². The molecular weight excluding hydrogens is 380 g/mol. The third kappa shape index (κ3) is 7.88. The van der Waals surface area contributed by atoms with Gasteiger partial charge in [0.25, 0.3) is 5.91 Å². The number of nitrogens with one attached hydrogen (secondary N) is 3. The molecule has 0 radical (unpaired) electrons. The quantitative estimate of drug-likeness (QED) is 0.546. The van der Waals surface area contributed by atoms with Crippen molar-refractivity contribution in [2.24, 2.45) is 5.92 Å². The van der Waals surface area contributed by atoms with E-state index < -0.39 is 41.7 Å². The van der Waals surface area contributed by atoms with Crippen LogP contribution in [0.5, 0.6) is 0 Å². The van der Waals surface area contributed by atoms with E-state index >= 15 is 0 Å². The molecule has 3 atom stereocenters. The zero-order valence-corrected chi connectivity index (χ0v) is 18.3. The van der Waals surface area contributed by atoms with Gasteiger partial charge in [0, 0.05) is 6.54 Å². The second-order valence-corrected chi connectivity index (χ2v) is 8.44. The normalized spacial score (nSPS) is 19.2. The van der Waals surface area contributed by atoms with E-state index in [1.54, 1.807) is 41.5 Å². The highest BCUT2D eigenvalue weighted by molar-refractivity contribution is 5.91. The van der Waals surface area contributed by atoms with Crippen molar-refractivity contribution in [3.8, 4) is 0 Å². The van der Waals surface area contributed by atoms with Crippen molar-refractivity contribution >= 4 is 23.9 Å². The van der Waals surface area contributed by atoms with Gasteiger partial charge in [0.15, 0.2) is 0 Å². The summed E-state index contributed by atoms with van der Waals surface area (Å²) >= 11 is 0. The molecule has 3 N–H and O–H groups in total. The number of carbonyl (C=O) groups excluding carboxylic acids is 4. The molecule has 1 aliphatic heterocycles. The average Bonchev–Trinajstić information content (AvgIpc) is 2.63. The molecule has 0 bridgehead atoms. The molecule has 0 aromatic carbocycles. The number of hydrogen-bond acceptors (Lipinski definition) is 7. The van der Waals surface area contributed by atoms with Crippen molar-refractivity contribution in [1.29, 1.82) is 0 Å². The van der Waals surface area contributed by atoms with Crippen molar-refractivity contribution in [2.45, 2.75) is 78.1 Å². The molecule has 2 unspecified atom stereocenters. The Morgan fingerprint density at radius 2 is 1.72 bits per heavy atom. The molecule has 0 spiro atoms. The van der Waals surface area contributed by atoms with Crippen LogP contribution in [-0.2, 0) is 23.9 Å². The van der Waals surface area contributed by atoms with Gasteiger partial charge in [-0.3, -0.25) is 19.4 Å². The Morgan fingerprint density at radius 3 is 2.24 bits per heavy atom. The maximum atomic E-state index is 12.7. The van der Waals surface area contributed by atoms with Crippen LogP contribution in [0.25, 0.3) is 0 Å². The van der Waals surface area contributed by atoms with Gasteiger partial charge in [-0.25, -0.2) is 10.2 Å². The Balaban J connectivity index is 2.70. The van der Waals surface area contributed by atoms with Crippen LogP contribution in [0.15, 0.2) is 0 Å². The molecule has 1 heterocycles. The largest absolute Gasteiger partial charge is 0.468 e. The summed E-state index contributed by atoms with van der Waals surface area (Å²) in [6, 6.07) is -2.32. The molecule has 166 valence electrons. The van der Waals surface area contributed by atoms with Gasteiger partial charge in [0.05, 0.1) is 7.11 Å². The lowest BCUT2D eigenvalue weighted by Gasteiger charge is -2.34. The van der Waals surface area contributed by atoms with Gasteiger partial charge in [-0.05, 0) is 46.5 Å². The smallest absolute Gasteiger partial charge is 0.408 e. The summed E-state index contributed by atoms with van der Waals surface area (Å²) in [6.07, 6.45) is 0.490. The highest BCUT2D eigenvalue weighted by Gasteiger charge is 2.33. The van der Waals surface area contributed by atoms with Crippen molar-refractivity contribution < 1.29 is 28.7 Å². The SMILES string of the molecule is COC(=O)[C@@H]1CCCN(C(=O)C(C)NC(=O)C(NC(=O)OC(C)(C)C)C(C)C)N1. The minimum atomic E-state index is -0.864. The minimum Gasteiger partial charge on any atom is -0.468 e. The molecule has 0 aliphatic carbocycles. The predicted octanol–water partition coefficient (Wildman–Crippen LogP) is 0.709. The number of methoxy groups -OCH3 is 1. The standard InChI is InChI=1S/C19H34N4O6/c1-11(2)14(21-18(27)29-19(4,5)6)15(24)20-12(3)16(25)23-10-8-9-13(22-23)17(26)28-7/h11-14,22H,8-10H2,1-7H3,(H,20,24)(H,21,27)/t12?,13-,14?/m0/s1. The van der Waals surface area contributed by atoms with E-state index in [1.807, 2.05) is 0 Å². The van der Waals surface area contributed by atoms with Crippen LogP contribution in [0.2, 0.25) is 0 Å². The van der Waals surface area contributed by atoms with Crippen LogP contribution >= 0.6 is 0 Å². The lowest BCUT2D eigenvalue weighted by Crippen LogP contribution is -2.61. The maximum absolute atomic E-state index is 12.7. The van der Waals surface area contributed by atoms with Gasteiger partial charge in [-0.2, -0.15) is 0 Å². The number of ether oxygens (including phenoxy) is 2. The molecular formula is C19H34N4O6. The van der Waals surface area contributed by atoms with E-state index in [0.717, 1.165) is 0 Å². The topological polar surface area (TPSA) is 126 Å². The first-order chi connectivity index (χ1) is 13.4. The molecule has 10 heteroatoms. The molecule has 3 amide bonds. The number of hydrazine groups is 1. The molecule has 0 aromatic heterocycles. The summed E-state index contributed by atoms with van der Waals surface area (Å²) in [5.74, 6) is -1.54. The minimum absolute atomic E-state index is 0.221. The molecule has 1 saturated heterocycles. The van der Waals surface area contributed by atoms with Crippen molar-refractivity contribution in [3.63, 3.8) is 0 Å². The highest BCUT2D eigenvalue weighted by atomic mass is 16.6. The number of rotatable bonds is 6. The fraction of sp³-hybridized carbons (Fsp3) is 0.789. The number of nitrogens with zero attached hydrogens (tertiary/aromatic N) is 1. The Hall–Kier alpha value is -2.36. The average molecular weight is 415 g/mol. The fourth-order valence-corrected chi connectivity index (χ4v) is 2.83. The third-order valence-corrected chi connectivity index (χ3v) is 4.29. The number of carbonyl (C=O) groups is 4. The van der Waals surface area contributed by atoms with Crippen molar-refractivity contribution in [1.82, 2.24) is 21.1 Å². The van der Waals surface area contributed by atoms with Gasteiger partial charge in [0.2, 0.25) is 5.91 Å². The number of hydrogen-bond donors (Lipinski definition) is 3. The zero-order chi connectivity index (χ0) is 22.4. The monoisotopic (exact) mass is 414 g/mol. The van der Waals surface area contributed by atoms with E-state index in [-0.39, 0.29) is 11.8 Å². The molecule has 10 nitrogen and oxygen atoms in total. The number of alkyl carbamates (subject to hydrolysis) is 1. The predicted molar refractivity (Wildman–Crippen MR) is 105 cm³/mol.